The number of halogens is 6. The lowest BCUT2D eigenvalue weighted by molar-refractivity contribution is -0.143. The van der Waals surface area contributed by atoms with Gasteiger partial charge in [-0.25, -0.2) is 0 Å². The van der Waals surface area contributed by atoms with Crippen molar-refractivity contribution in [3.63, 3.8) is 0 Å². The van der Waals surface area contributed by atoms with E-state index in [-0.39, 0.29) is 30.9 Å². The van der Waals surface area contributed by atoms with Crippen LogP contribution >= 0.6 is 0 Å². The molecule has 0 unspecified atom stereocenters. The monoisotopic (exact) mass is 417 g/mol. The fraction of sp³-hybridized carbons (Fsp3) is 0.429. The predicted octanol–water partition coefficient (Wildman–Crippen LogP) is 5.69. The van der Waals surface area contributed by atoms with Gasteiger partial charge in [-0.3, -0.25) is 0 Å². The van der Waals surface area contributed by atoms with Crippen LogP contribution in [0.25, 0.3) is 0 Å². The van der Waals surface area contributed by atoms with Gasteiger partial charge >= 0.3 is 12.4 Å². The molecule has 0 heterocycles. The van der Waals surface area contributed by atoms with E-state index in [9.17, 15) is 26.3 Å². The van der Waals surface area contributed by atoms with Crippen LogP contribution in [0.3, 0.4) is 0 Å². The fourth-order valence-electron chi connectivity index (χ4n) is 3.90. The summed E-state index contributed by atoms with van der Waals surface area (Å²) in [7, 11) is 0. The summed E-state index contributed by atoms with van der Waals surface area (Å²) < 4.78 is 83.7. The Morgan fingerprint density at radius 1 is 0.931 bits per heavy atom. The number of nitrogens with two attached hydrogens (primary N) is 1. The van der Waals surface area contributed by atoms with Crippen LogP contribution < -0.4 is 5.73 Å². The van der Waals surface area contributed by atoms with E-state index in [1.165, 1.54) is 0 Å². The Morgan fingerprint density at radius 2 is 1.52 bits per heavy atom. The van der Waals surface area contributed by atoms with Crippen molar-refractivity contribution >= 4 is 0 Å². The van der Waals surface area contributed by atoms with Crippen molar-refractivity contribution in [2.24, 2.45) is 5.73 Å². The second kappa shape index (κ2) is 7.99. The molecule has 3 rings (SSSR count). The Hall–Kier alpha value is -2.06. The first-order valence-electron chi connectivity index (χ1n) is 9.17. The van der Waals surface area contributed by atoms with Gasteiger partial charge in [-0.05, 0) is 48.6 Å². The van der Waals surface area contributed by atoms with E-state index in [4.69, 9.17) is 10.5 Å². The van der Waals surface area contributed by atoms with Crippen molar-refractivity contribution in [1.29, 1.82) is 0 Å². The highest BCUT2D eigenvalue weighted by Gasteiger charge is 2.40. The van der Waals surface area contributed by atoms with Crippen LogP contribution in [0.15, 0.2) is 48.5 Å². The van der Waals surface area contributed by atoms with Crippen molar-refractivity contribution in [2.75, 3.05) is 6.61 Å². The molecule has 0 spiro atoms. The summed E-state index contributed by atoms with van der Waals surface area (Å²) in [6.45, 7) is -0.181. The van der Waals surface area contributed by atoms with Gasteiger partial charge in [-0.1, -0.05) is 30.3 Å². The lowest BCUT2D eigenvalue weighted by Gasteiger charge is -2.30. The normalized spacial score (nSPS) is 22.8. The third-order valence-electron chi connectivity index (χ3n) is 5.33. The number of hydrogen-bond donors (Lipinski definition) is 1. The van der Waals surface area contributed by atoms with Crippen molar-refractivity contribution in [1.82, 2.24) is 0 Å². The molecule has 0 aliphatic heterocycles. The van der Waals surface area contributed by atoms with Crippen LogP contribution in [0.2, 0.25) is 0 Å². The smallest absolute Gasteiger partial charge is 0.376 e. The molecule has 2 N–H and O–H groups in total. The third-order valence-corrected chi connectivity index (χ3v) is 5.33. The molecule has 0 aromatic heterocycles. The predicted molar refractivity (Wildman–Crippen MR) is 96.0 cm³/mol. The number of hydrogen-bond acceptors (Lipinski definition) is 2. The molecule has 2 aromatic rings. The average Bonchev–Trinajstić information content (AvgIpc) is 3.03. The number of rotatable bonds is 5. The highest BCUT2D eigenvalue weighted by atomic mass is 19.4. The quantitative estimate of drug-likeness (QED) is 0.635. The topological polar surface area (TPSA) is 35.2 Å². The fourth-order valence-corrected chi connectivity index (χ4v) is 3.90. The Balaban J connectivity index is 1.80. The van der Waals surface area contributed by atoms with Gasteiger partial charge in [0.05, 0.1) is 24.3 Å². The third kappa shape index (κ3) is 5.11. The van der Waals surface area contributed by atoms with Crippen LogP contribution in [0.1, 0.15) is 41.5 Å². The highest BCUT2D eigenvalue weighted by Crippen LogP contribution is 2.41. The molecule has 0 radical (unpaired) electrons. The minimum absolute atomic E-state index is 0.0239. The number of ether oxygens (including phenoxy) is 1. The van der Waals surface area contributed by atoms with Crippen LogP contribution in [-0.4, -0.2) is 12.6 Å². The van der Waals surface area contributed by atoms with Gasteiger partial charge in [-0.15, -0.1) is 0 Å². The second-order valence-electron chi connectivity index (χ2n) is 7.56. The molecule has 0 amide bonds. The van der Waals surface area contributed by atoms with Gasteiger partial charge < -0.3 is 10.5 Å². The Morgan fingerprint density at radius 3 is 2.00 bits per heavy atom. The van der Waals surface area contributed by atoms with E-state index >= 15 is 0 Å². The summed E-state index contributed by atoms with van der Waals surface area (Å²) in [5, 5.41) is 0. The Bertz CT molecular complexity index is 801. The lowest BCUT2D eigenvalue weighted by atomic mass is 9.79. The summed E-state index contributed by atoms with van der Waals surface area (Å²) in [6.07, 6.45) is -7.58. The van der Waals surface area contributed by atoms with Crippen molar-refractivity contribution in [2.45, 2.75) is 49.7 Å². The zero-order valence-electron chi connectivity index (χ0n) is 15.5. The number of alkyl halides is 6. The van der Waals surface area contributed by atoms with Gasteiger partial charge in [0.25, 0.3) is 0 Å². The van der Waals surface area contributed by atoms with Crippen molar-refractivity contribution < 1.29 is 31.1 Å². The summed E-state index contributed by atoms with van der Waals surface area (Å²) >= 11 is 0. The Labute approximate surface area is 164 Å². The summed E-state index contributed by atoms with van der Waals surface area (Å²) in [5.41, 5.74) is 3.82. The molecule has 1 saturated carbocycles. The highest BCUT2D eigenvalue weighted by molar-refractivity contribution is 5.33. The van der Waals surface area contributed by atoms with Crippen LogP contribution in [-0.2, 0) is 29.1 Å². The molecular formula is C21H21F6NO. The van der Waals surface area contributed by atoms with E-state index < -0.39 is 28.9 Å². The maximum absolute atomic E-state index is 13.0. The van der Waals surface area contributed by atoms with Crippen molar-refractivity contribution in [3.05, 3.63) is 70.8 Å². The zero-order valence-corrected chi connectivity index (χ0v) is 15.5. The molecule has 1 aliphatic carbocycles. The molecule has 158 valence electrons. The van der Waals surface area contributed by atoms with Crippen molar-refractivity contribution in [3.8, 4) is 0 Å². The second-order valence-corrected chi connectivity index (χ2v) is 7.56. The van der Waals surface area contributed by atoms with E-state index in [0.717, 1.165) is 18.4 Å². The van der Waals surface area contributed by atoms with E-state index in [0.29, 0.717) is 18.6 Å². The van der Waals surface area contributed by atoms with E-state index in [1.807, 2.05) is 30.3 Å². The maximum Gasteiger partial charge on any atom is 0.416 e. The van der Waals surface area contributed by atoms with Gasteiger partial charge in [0.1, 0.15) is 0 Å². The summed E-state index contributed by atoms with van der Waals surface area (Å²) in [6, 6.07) is 11.0. The van der Waals surface area contributed by atoms with Crippen LogP contribution in [0.4, 0.5) is 26.3 Å². The summed E-state index contributed by atoms with van der Waals surface area (Å²) in [4.78, 5) is 0. The van der Waals surface area contributed by atoms with E-state index in [1.54, 1.807) is 0 Å². The minimum atomic E-state index is -4.88. The molecule has 8 heteroatoms. The minimum Gasteiger partial charge on any atom is -0.376 e. The van der Waals surface area contributed by atoms with Crippen LogP contribution in [0.5, 0.6) is 0 Å². The molecule has 1 aliphatic rings. The first-order valence-corrected chi connectivity index (χ1v) is 9.17. The molecule has 2 aromatic carbocycles. The molecule has 2 atom stereocenters. The molecule has 29 heavy (non-hydrogen) atoms. The van der Waals surface area contributed by atoms with E-state index in [2.05, 4.69) is 0 Å². The number of benzene rings is 2. The van der Waals surface area contributed by atoms with Crippen LogP contribution in [0, 0.1) is 0 Å². The molecule has 2 nitrogen and oxygen atoms in total. The lowest BCUT2D eigenvalue weighted by Crippen LogP contribution is -2.31. The van der Waals surface area contributed by atoms with Gasteiger partial charge in [0.2, 0.25) is 0 Å². The molecule has 0 saturated heterocycles. The standard InChI is InChI=1S/C21H21F6NO/c22-20(23,24)16-8-14(9-17(10-16)21(25,26)27)12-29-13-19(7-6-18(28)11-19)15-4-2-1-3-5-15/h1-5,8-10,18H,6-7,11-13,28H2/t18-,19+/m0/s1. The van der Waals surface area contributed by atoms with Gasteiger partial charge in [0.15, 0.2) is 0 Å². The molecule has 0 bridgehead atoms. The maximum atomic E-state index is 13.0. The first kappa shape index (κ1) is 21.6. The SMILES string of the molecule is N[C@H]1CC[C@@](COCc2cc(C(F)(F)F)cc(C(F)(F)F)c2)(c2ccccc2)C1. The van der Waals surface area contributed by atoms with Gasteiger partial charge in [0, 0.05) is 11.5 Å². The van der Waals surface area contributed by atoms with Gasteiger partial charge in [-0.2, -0.15) is 26.3 Å². The average molecular weight is 417 g/mol. The molecule has 1 fully saturated rings. The largest absolute Gasteiger partial charge is 0.416 e. The molecular weight excluding hydrogens is 396 g/mol. The summed E-state index contributed by atoms with van der Waals surface area (Å²) in [5.74, 6) is 0. The zero-order chi connectivity index (χ0) is 21.3. The first-order chi connectivity index (χ1) is 13.5. The Kier molecular flexibility index (Phi) is 5.96.